The molecule has 0 bridgehead atoms. The molecule has 20 heavy (non-hydrogen) atoms. The van der Waals surface area contributed by atoms with Crippen LogP contribution in [0.15, 0.2) is 29.8 Å². The van der Waals surface area contributed by atoms with E-state index in [-0.39, 0.29) is 17.9 Å². The molecule has 1 aliphatic rings. The maximum absolute atomic E-state index is 12.2. The Hall–Kier alpha value is -2.10. The number of fused-ring (bicyclic) bond motifs is 1. The molecule has 1 aliphatic heterocycles. The van der Waals surface area contributed by atoms with Crippen molar-refractivity contribution in [3.8, 4) is 0 Å². The Bertz CT molecular complexity index is 589. The number of rotatable bonds is 3. The van der Waals surface area contributed by atoms with Gasteiger partial charge in [-0.25, -0.2) is 4.79 Å². The van der Waals surface area contributed by atoms with Crippen LogP contribution in [0.1, 0.15) is 43.1 Å². The van der Waals surface area contributed by atoms with Gasteiger partial charge in [-0.1, -0.05) is 38.5 Å². The third kappa shape index (κ3) is 2.33. The highest BCUT2D eigenvalue weighted by molar-refractivity contribution is 6.07. The minimum absolute atomic E-state index is 0.132. The van der Waals surface area contributed by atoms with E-state index in [9.17, 15) is 14.7 Å². The second kappa shape index (κ2) is 5.49. The maximum Gasteiger partial charge on any atom is 0.331 e. The highest BCUT2D eigenvalue weighted by Gasteiger charge is 2.33. The van der Waals surface area contributed by atoms with Crippen molar-refractivity contribution in [2.24, 2.45) is 5.92 Å². The van der Waals surface area contributed by atoms with Gasteiger partial charge in [0.15, 0.2) is 0 Å². The Morgan fingerprint density at radius 2 is 1.95 bits per heavy atom. The van der Waals surface area contributed by atoms with Gasteiger partial charge in [0.2, 0.25) is 0 Å². The number of carbonyl (C=O) groups is 2. The molecule has 2 unspecified atom stereocenters. The Morgan fingerprint density at radius 3 is 2.50 bits per heavy atom. The van der Waals surface area contributed by atoms with E-state index in [0.717, 1.165) is 17.6 Å². The zero-order valence-corrected chi connectivity index (χ0v) is 11.9. The van der Waals surface area contributed by atoms with Gasteiger partial charge in [-0.15, -0.1) is 0 Å². The molecule has 0 aromatic heterocycles. The van der Waals surface area contributed by atoms with Gasteiger partial charge in [0, 0.05) is 11.1 Å². The summed E-state index contributed by atoms with van der Waals surface area (Å²) >= 11 is 0. The van der Waals surface area contributed by atoms with Crippen molar-refractivity contribution in [1.82, 2.24) is 5.32 Å². The van der Waals surface area contributed by atoms with Crippen molar-refractivity contribution in [3.05, 3.63) is 41.0 Å². The summed E-state index contributed by atoms with van der Waals surface area (Å²) in [5, 5.41) is 12.3. The van der Waals surface area contributed by atoms with E-state index >= 15 is 0 Å². The number of hydrogen-bond donors (Lipinski definition) is 2. The van der Waals surface area contributed by atoms with Crippen LogP contribution < -0.4 is 5.32 Å². The first kappa shape index (κ1) is 14.3. The molecular formula is C16H19NO3. The largest absolute Gasteiger partial charge is 0.478 e. The number of carboxylic acid groups (broad SMARTS) is 1. The first-order valence-corrected chi connectivity index (χ1v) is 6.81. The molecule has 0 saturated heterocycles. The van der Waals surface area contributed by atoms with Crippen LogP contribution >= 0.6 is 0 Å². The summed E-state index contributed by atoms with van der Waals surface area (Å²) in [6, 6.07) is 6.92. The predicted molar refractivity (Wildman–Crippen MR) is 77.4 cm³/mol. The second-order valence-corrected chi connectivity index (χ2v) is 5.23. The van der Waals surface area contributed by atoms with Crippen LogP contribution in [0.25, 0.3) is 5.57 Å². The molecule has 4 heteroatoms. The number of aliphatic carboxylic acids is 1. The molecule has 2 N–H and O–H groups in total. The molecule has 2 rings (SSSR count). The Morgan fingerprint density at radius 1 is 1.35 bits per heavy atom. The molecule has 1 aromatic carbocycles. The maximum atomic E-state index is 12.2. The summed E-state index contributed by atoms with van der Waals surface area (Å²) in [6.45, 7) is 5.65. The molecule has 0 saturated carbocycles. The number of carboxylic acids is 1. The second-order valence-electron chi connectivity index (χ2n) is 5.23. The summed E-state index contributed by atoms with van der Waals surface area (Å²) in [6.07, 6.45) is 0.865. The average molecular weight is 273 g/mol. The SMILES string of the molecule is CCC(C)C1NC(=O)c2ccccc2C1=C(C)C(=O)O. The molecule has 1 heterocycles. The third-order valence-corrected chi connectivity index (χ3v) is 4.00. The quantitative estimate of drug-likeness (QED) is 0.832. The standard InChI is InChI=1S/C16H19NO3/c1-4-9(2)14-13(10(3)16(19)20)11-7-5-6-8-12(11)15(18)17-14/h5-9,14H,4H2,1-3H3,(H,17,18)(H,19,20). The van der Waals surface area contributed by atoms with Gasteiger partial charge < -0.3 is 10.4 Å². The van der Waals surface area contributed by atoms with E-state index in [2.05, 4.69) is 5.32 Å². The van der Waals surface area contributed by atoms with Crippen LogP contribution in [0, 0.1) is 5.92 Å². The van der Waals surface area contributed by atoms with Crippen LogP contribution in [0.4, 0.5) is 0 Å². The van der Waals surface area contributed by atoms with Crippen LogP contribution in [-0.4, -0.2) is 23.0 Å². The smallest absolute Gasteiger partial charge is 0.331 e. The van der Waals surface area contributed by atoms with Gasteiger partial charge in [-0.3, -0.25) is 4.79 Å². The lowest BCUT2D eigenvalue weighted by atomic mass is 9.80. The molecule has 0 spiro atoms. The molecule has 106 valence electrons. The van der Waals surface area contributed by atoms with E-state index < -0.39 is 5.97 Å². The molecule has 1 amide bonds. The third-order valence-electron chi connectivity index (χ3n) is 4.00. The highest BCUT2D eigenvalue weighted by atomic mass is 16.4. The van der Waals surface area contributed by atoms with Gasteiger partial charge in [-0.05, 0) is 30.0 Å². The molecule has 0 radical (unpaired) electrons. The fourth-order valence-corrected chi connectivity index (χ4v) is 2.59. The fourth-order valence-electron chi connectivity index (χ4n) is 2.59. The topological polar surface area (TPSA) is 66.4 Å². The minimum Gasteiger partial charge on any atom is -0.478 e. The Labute approximate surface area is 118 Å². The number of benzene rings is 1. The summed E-state index contributed by atoms with van der Waals surface area (Å²) in [7, 11) is 0. The lowest BCUT2D eigenvalue weighted by Gasteiger charge is -2.33. The molecular weight excluding hydrogens is 254 g/mol. The lowest BCUT2D eigenvalue weighted by Crippen LogP contribution is -2.45. The molecule has 1 aromatic rings. The van der Waals surface area contributed by atoms with Gasteiger partial charge >= 0.3 is 5.97 Å². The molecule has 0 fully saturated rings. The van der Waals surface area contributed by atoms with E-state index in [1.54, 1.807) is 19.1 Å². The highest BCUT2D eigenvalue weighted by Crippen LogP contribution is 2.34. The number of nitrogens with one attached hydrogen (secondary N) is 1. The van der Waals surface area contributed by atoms with Crippen LogP contribution in [0.3, 0.4) is 0 Å². The zero-order valence-electron chi connectivity index (χ0n) is 11.9. The van der Waals surface area contributed by atoms with E-state index in [0.29, 0.717) is 11.1 Å². The summed E-state index contributed by atoms with van der Waals surface area (Å²) in [5.41, 5.74) is 2.30. The fraction of sp³-hybridized carbons (Fsp3) is 0.375. The monoisotopic (exact) mass is 273 g/mol. The van der Waals surface area contributed by atoms with Crippen molar-refractivity contribution in [1.29, 1.82) is 0 Å². The number of carbonyl (C=O) groups excluding carboxylic acids is 1. The van der Waals surface area contributed by atoms with Gasteiger partial charge in [0.05, 0.1) is 6.04 Å². The van der Waals surface area contributed by atoms with E-state index in [1.165, 1.54) is 0 Å². The van der Waals surface area contributed by atoms with Crippen LogP contribution in [-0.2, 0) is 4.79 Å². The van der Waals surface area contributed by atoms with Crippen molar-refractivity contribution in [2.75, 3.05) is 0 Å². The van der Waals surface area contributed by atoms with Crippen LogP contribution in [0.2, 0.25) is 0 Å². The molecule has 4 nitrogen and oxygen atoms in total. The van der Waals surface area contributed by atoms with Gasteiger partial charge in [-0.2, -0.15) is 0 Å². The van der Waals surface area contributed by atoms with Crippen molar-refractivity contribution >= 4 is 17.4 Å². The zero-order chi connectivity index (χ0) is 14.9. The summed E-state index contributed by atoms with van der Waals surface area (Å²) < 4.78 is 0. The lowest BCUT2D eigenvalue weighted by molar-refractivity contribution is -0.132. The summed E-state index contributed by atoms with van der Waals surface area (Å²) in [4.78, 5) is 23.5. The van der Waals surface area contributed by atoms with E-state index in [1.807, 2.05) is 26.0 Å². The van der Waals surface area contributed by atoms with Crippen molar-refractivity contribution in [3.63, 3.8) is 0 Å². The van der Waals surface area contributed by atoms with Crippen molar-refractivity contribution in [2.45, 2.75) is 33.2 Å². The first-order valence-electron chi connectivity index (χ1n) is 6.81. The molecule has 0 aliphatic carbocycles. The van der Waals surface area contributed by atoms with Gasteiger partial charge in [0.1, 0.15) is 0 Å². The van der Waals surface area contributed by atoms with Gasteiger partial charge in [0.25, 0.3) is 5.91 Å². The predicted octanol–water partition coefficient (Wildman–Crippen LogP) is 2.70. The Kier molecular flexibility index (Phi) is 3.93. The van der Waals surface area contributed by atoms with E-state index in [4.69, 9.17) is 0 Å². The normalized spacial score (nSPS) is 21.8. The van der Waals surface area contributed by atoms with Crippen molar-refractivity contribution < 1.29 is 14.7 Å². The minimum atomic E-state index is -0.945. The summed E-state index contributed by atoms with van der Waals surface area (Å²) in [5.74, 6) is -0.899. The average Bonchev–Trinajstić information content (AvgIpc) is 2.45. The number of amides is 1. The first-order chi connectivity index (χ1) is 9.47. The number of hydrogen-bond acceptors (Lipinski definition) is 2. The Balaban J connectivity index is 2.68. The molecule has 2 atom stereocenters. The van der Waals surface area contributed by atoms with Crippen LogP contribution in [0.5, 0.6) is 0 Å².